The first kappa shape index (κ1) is 16.3. The first-order chi connectivity index (χ1) is 11.8. The van der Waals surface area contributed by atoms with E-state index in [1.165, 1.54) is 9.13 Å². The van der Waals surface area contributed by atoms with Crippen molar-refractivity contribution in [2.24, 2.45) is 5.41 Å². The number of anilines is 1. The number of hydrogen-bond acceptors (Lipinski definition) is 7. The third kappa shape index (κ3) is 2.57. The summed E-state index contributed by atoms with van der Waals surface area (Å²) in [5, 5.41) is 19.5. The zero-order chi connectivity index (χ0) is 17.9. The Morgan fingerprint density at radius 1 is 1.44 bits per heavy atom. The smallest absolute Gasteiger partial charge is 0.332 e. The van der Waals surface area contributed by atoms with E-state index in [9.17, 15) is 19.8 Å². The molecule has 1 saturated carbocycles. The van der Waals surface area contributed by atoms with Crippen LogP contribution in [0.5, 0.6) is 0 Å². The number of hydrogen-bond donors (Lipinski definition) is 4. The molecule has 1 aliphatic carbocycles. The van der Waals surface area contributed by atoms with Gasteiger partial charge in [-0.05, 0) is 18.3 Å². The molecule has 2 aromatic rings. The highest BCUT2D eigenvalue weighted by Gasteiger charge is 2.41. The molecule has 0 spiro atoms. The molecule has 0 bridgehead atoms. The van der Waals surface area contributed by atoms with Crippen molar-refractivity contribution in [3.63, 3.8) is 0 Å². The maximum atomic E-state index is 13.0. The van der Waals surface area contributed by atoms with E-state index in [1.807, 2.05) is 6.92 Å². The number of imidazole rings is 1. The lowest BCUT2D eigenvalue weighted by atomic mass is 10.1. The predicted octanol–water partition coefficient (Wildman–Crippen LogP) is -1.09. The van der Waals surface area contributed by atoms with Crippen LogP contribution in [-0.4, -0.2) is 48.1 Å². The van der Waals surface area contributed by atoms with Gasteiger partial charge in [0.2, 0.25) is 5.95 Å². The standard InChI is InChI=1S/C15H21N5O5/c1-15(2-3-15)6-19-9-10(17-13(16)18-11(9)23)20(14(19)24)12-8(22)4-7(5-21)25-12/h7-8,12,21-22H,2-6H2,1H3,(H3,16,17,18,23). The van der Waals surface area contributed by atoms with Gasteiger partial charge in [0.05, 0.1) is 12.7 Å². The molecule has 25 heavy (non-hydrogen) atoms. The van der Waals surface area contributed by atoms with Crippen molar-refractivity contribution < 1.29 is 14.9 Å². The molecule has 2 fully saturated rings. The molecule has 3 heterocycles. The quantitative estimate of drug-likeness (QED) is 0.547. The number of aliphatic hydroxyl groups is 2. The number of fused-ring (bicyclic) bond motifs is 1. The second kappa shape index (κ2) is 5.41. The van der Waals surface area contributed by atoms with Gasteiger partial charge in [-0.15, -0.1) is 0 Å². The highest BCUT2D eigenvalue weighted by molar-refractivity contribution is 5.71. The van der Waals surface area contributed by atoms with Crippen LogP contribution in [0.1, 0.15) is 32.4 Å². The number of ether oxygens (including phenoxy) is 1. The van der Waals surface area contributed by atoms with E-state index in [4.69, 9.17) is 10.5 Å². The molecule has 0 radical (unpaired) electrons. The van der Waals surface area contributed by atoms with Crippen molar-refractivity contribution in [1.82, 2.24) is 19.1 Å². The van der Waals surface area contributed by atoms with Gasteiger partial charge >= 0.3 is 5.69 Å². The van der Waals surface area contributed by atoms with E-state index in [0.29, 0.717) is 6.54 Å². The third-order valence-electron chi connectivity index (χ3n) is 5.10. The van der Waals surface area contributed by atoms with Crippen LogP contribution < -0.4 is 17.0 Å². The van der Waals surface area contributed by atoms with Crippen LogP contribution in [0.3, 0.4) is 0 Å². The Balaban J connectivity index is 1.93. The summed E-state index contributed by atoms with van der Waals surface area (Å²) in [5.41, 5.74) is 4.84. The summed E-state index contributed by atoms with van der Waals surface area (Å²) in [6.07, 6.45) is -0.452. The Morgan fingerprint density at radius 2 is 2.16 bits per heavy atom. The second-order valence-electron chi connectivity index (χ2n) is 7.31. The first-order valence-electron chi connectivity index (χ1n) is 8.28. The summed E-state index contributed by atoms with van der Waals surface area (Å²) in [7, 11) is 0. The van der Waals surface area contributed by atoms with Crippen LogP contribution in [0.25, 0.3) is 11.2 Å². The van der Waals surface area contributed by atoms with Crippen molar-refractivity contribution in [2.45, 2.75) is 51.2 Å². The molecule has 136 valence electrons. The zero-order valence-electron chi connectivity index (χ0n) is 13.8. The number of nitrogens with one attached hydrogen (secondary N) is 1. The number of aromatic nitrogens is 4. The van der Waals surface area contributed by atoms with Gasteiger partial charge in [0.15, 0.2) is 17.4 Å². The van der Waals surface area contributed by atoms with E-state index in [1.54, 1.807) is 0 Å². The van der Waals surface area contributed by atoms with E-state index in [-0.39, 0.29) is 35.6 Å². The summed E-state index contributed by atoms with van der Waals surface area (Å²) >= 11 is 0. The molecular weight excluding hydrogens is 330 g/mol. The normalized spacial score (nSPS) is 27.9. The predicted molar refractivity (Wildman–Crippen MR) is 88.0 cm³/mol. The summed E-state index contributed by atoms with van der Waals surface area (Å²) in [5.74, 6) is -0.118. The van der Waals surface area contributed by atoms with Crippen LogP contribution in [0, 0.1) is 5.41 Å². The van der Waals surface area contributed by atoms with Gasteiger partial charge in [-0.25, -0.2) is 9.36 Å². The number of aromatic amines is 1. The Labute approximate surface area is 141 Å². The van der Waals surface area contributed by atoms with Gasteiger partial charge in [0.1, 0.15) is 6.10 Å². The highest BCUT2D eigenvalue weighted by Crippen LogP contribution is 2.46. The molecule has 3 atom stereocenters. The summed E-state index contributed by atoms with van der Waals surface area (Å²) < 4.78 is 8.15. The molecule has 1 aliphatic heterocycles. The van der Waals surface area contributed by atoms with Gasteiger partial charge in [-0.3, -0.25) is 14.3 Å². The average molecular weight is 351 g/mol. The number of rotatable bonds is 4. The fourth-order valence-electron chi connectivity index (χ4n) is 3.41. The molecule has 10 nitrogen and oxygen atoms in total. The Hall–Kier alpha value is -2.17. The van der Waals surface area contributed by atoms with Crippen molar-refractivity contribution in [2.75, 3.05) is 12.3 Å². The minimum Gasteiger partial charge on any atom is -0.394 e. The molecule has 2 aromatic heterocycles. The molecular formula is C15H21N5O5. The lowest BCUT2D eigenvalue weighted by Gasteiger charge is -2.15. The average Bonchev–Trinajstić information content (AvgIpc) is 3.06. The summed E-state index contributed by atoms with van der Waals surface area (Å²) in [6.45, 7) is 2.16. The fourth-order valence-corrected chi connectivity index (χ4v) is 3.41. The van der Waals surface area contributed by atoms with Crippen molar-refractivity contribution >= 4 is 17.1 Å². The van der Waals surface area contributed by atoms with Gasteiger partial charge in [-0.2, -0.15) is 4.98 Å². The molecule has 1 saturated heterocycles. The van der Waals surface area contributed by atoms with Crippen LogP contribution in [0.2, 0.25) is 0 Å². The van der Waals surface area contributed by atoms with Crippen LogP contribution >= 0.6 is 0 Å². The van der Waals surface area contributed by atoms with Crippen LogP contribution in [-0.2, 0) is 11.3 Å². The highest BCUT2D eigenvalue weighted by atomic mass is 16.5. The van der Waals surface area contributed by atoms with Gasteiger partial charge < -0.3 is 20.7 Å². The number of nitrogen functional groups attached to an aromatic ring is 1. The molecule has 4 rings (SSSR count). The van der Waals surface area contributed by atoms with E-state index >= 15 is 0 Å². The minimum atomic E-state index is -1.02. The van der Waals surface area contributed by atoms with Crippen LogP contribution in [0.15, 0.2) is 9.59 Å². The Bertz CT molecular complexity index is 940. The molecule has 2 aliphatic rings. The molecule has 0 aromatic carbocycles. The summed E-state index contributed by atoms with van der Waals surface area (Å²) in [6, 6.07) is 0. The van der Waals surface area contributed by atoms with Crippen molar-refractivity contribution in [3.8, 4) is 0 Å². The fraction of sp³-hybridized carbons (Fsp3) is 0.667. The first-order valence-corrected chi connectivity index (χ1v) is 8.28. The summed E-state index contributed by atoms with van der Waals surface area (Å²) in [4.78, 5) is 32.0. The van der Waals surface area contributed by atoms with Crippen molar-refractivity contribution in [3.05, 3.63) is 20.8 Å². The number of H-pyrrole nitrogens is 1. The topological polar surface area (TPSA) is 148 Å². The number of nitrogens with zero attached hydrogens (tertiary/aromatic N) is 3. The lowest BCUT2D eigenvalue weighted by molar-refractivity contribution is -0.0506. The monoisotopic (exact) mass is 351 g/mol. The minimum absolute atomic E-state index is 0.0282. The molecule has 5 N–H and O–H groups in total. The molecule has 3 unspecified atom stereocenters. The maximum Gasteiger partial charge on any atom is 0.332 e. The number of aliphatic hydroxyl groups excluding tert-OH is 2. The van der Waals surface area contributed by atoms with Crippen molar-refractivity contribution in [1.29, 1.82) is 0 Å². The third-order valence-corrected chi connectivity index (χ3v) is 5.10. The second-order valence-corrected chi connectivity index (χ2v) is 7.31. The van der Waals surface area contributed by atoms with Gasteiger partial charge in [0, 0.05) is 13.0 Å². The van der Waals surface area contributed by atoms with Gasteiger partial charge in [-0.1, -0.05) is 6.92 Å². The lowest BCUT2D eigenvalue weighted by Crippen LogP contribution is -2.33. The number of nitrogens with two attached hydrogens (primary N) is 1. The Kier molecular flexibility index (Phi) is 3.53. The Morgan fingerprint density at radius 3 is 2.76 bits per heavy atom. The van der Waals surface area contributed by atoms with Crippen LogP contribution in [0.4, 0.5) is 5.95 Å². The molecule has 0 amide bonds. The zero-order valence-corrected chi connectivity index (χ0v) is 13.8. The van der Waals surface area contributed by atoms with E-state index < -0.39 is 29.7 Å². The maximum absolute atomic E-state index is 13.0. The van der Waals surface area contributed by atoms with Gasteiger partial charge in [0.25, 0.3) is 5.56 Å². The van der Waals surface area contributed by atoms with E-state index in [0.717, 1.165) is 12.8 Å². The largest absolute Gasteiger partial charge is 0.394 e. The SMILES string of the molecule is CC1(Cn2c(=O)n(C3OC(CO)CC3O)c3nc(N)[nH]c(=O)c32)CC1. The van der Waals surface area contributed by atoms with E-state index in [2.05, 4.69) is 9.97 Å². The molecule has 10 heteroatoms.